The van der Waals surface area contributed by atoms with Crippen molar-refractivity contribution >= 4 is 15.9 Å². The van der Waals surface area contributed by atoms with E-state index in [0.717, 1.165) is 24.5 Å². The quantitative estimate of drug-likeness (QED) is 0.749. The number of hydrogen-bond donors (Lipinski definition) is 0. The molecule has 0 aromatic heterocycles. The molecule has 1 saturated heterocycles. The molecule has 1 aromatic rings. The molecule has 0 unspecified atom stereocenters. The lowest BCUT2D eigenvalue weighted by Gasteiger charge is -2.24. The second-order valence-electron chi connectivity index (χ2n) is 4.09. The smallest absolute Gasteiger partial charge is 0.381 e. The molecule has 1 aromatic carbocycles. The number of benzene rings is 1. The highest BCUT2D eigenvalue weighted by molar-refractivity contribution is 9.10. The van der Waals surface area contributed by atoms with E-state index in [0.29, 0.717) is 13.2 Å². The van der Waals surface area contributed by atoms with E-state index in [1.807, 2.05) is 0 Å². The van der Waals surface area contributed by atoms with Crippen LogP contribution in [0, 0.1) is 0 Å². The lowest BCUT2D eigenvalue weighted by molar-refractivity contribution is -0.138. The van der Waals surface area contributed by atoms with E-state index in [9.17, 15) is 13.2 Å². The Morgan fingerprint density at radius 3 is 2.41 bits per heavy atom. The Balaban J connectivity index is 2.35. The summed E-state index contributed by atoms with van der Waals surface area (Å²) >= 11 is 3.09. The number of rotatable bonds is 1. The van der Waals surface area contributed by atoms with Crippen molar-refractivity contribution in [1.82, 2.24) is 0 Å². The first-order chi connectivity index (χ1) is 8.00. The van der Waals surface area contributed by atoms with Crippen LogP contribution in [0.4, 0.5) is 13.2 Å². The molecule has 1 fully saturated rings. The normalized spacial score (nSPS) is 18.4. The zero-order valence-electron chi connectivity index (χ0n) is 9.06. The fourth-order valence-corrected chi connectivity index (χ4v) is 2.91. The molecule has 0 saturated carbocycles. The van der Waals surface area contributed by atoms with Gasteiger partial charge in [0.15, 0.2) is 0 Å². The standard InChI is InChI=1S/C12H12BrF3O/c13-11-9(8-4-6-17-7-5-8)2-1-3-10(11)12(14,15)16/h1-3,8H,4-7H2. The maximum Gasteiger partial charge on any atom is 0.417 e. The van der Waals surface area contributed by atoms with Crippen molar-refractivity contribution in [3.8, 4) is 0 Å². The second kappa shape index (κ2) is 4.98. The molecule has 1 heterocycles. The molecule has 5 heteroatoms. The van der Waals surface area contributed by atoms with E-state index < -0.39 is 11.7 Å². The predicted molar refractivity (Wildman–Crippen MR) is 61.9 cm³/mol. The summed E-state index contributed by atoms with van der Waals surface area (Å²) in [5.74, 6) is 0.153. The highest BCUT2D eigenvalue weighted by Crippen LogP contribution is 2.40. The molecule has 1 aliphatic heterocycles. The van der Waals surface area contributed by atoms with Gasteiger partial charge in [0.2, 0.25) is 0 Å². The van der Waals surface area contributed by atoms with Crippen LogP contribution in [0.5, 0.6) is 0 Å². The summed E-state index contributed by atoms with van der Waals surface area (Å²) in [6.07, 6.45) is -2.75. The van der Waals surface area contributed by atoms with Crippen molar-refractivity contribution < 1.29 is 17.9 Å². The topological polar surface area (TPSA) is 9.23 Å². The Morgan fingerprint density at radius 2 is 1.82 bits per heavy atom. The van der Waals surface area contributed by atoms with Gasteiger partial charge in [0.05, 0.1) is 5.56 Å². The Morgan fingerprint density at radius 1 is 1.18 bits per heavy atom. The van der Waals surface area contributed by atoms with Crippen molar-refractivity contribution in [3.05, 3.63) is 33.8 Å². The van der Waals surface area contributed by atoms with Gasteiger partial charge in [-0.1, -0.05) is 12.1 Å². The van der Waals surface area contributed by atoms with Gasteiger partial charge < -0.3 is 4.74 Å². The first kappa shape index (κ1) is 12.9. The second-order valence-corrected chi connectivity index (χ2v) is 4.89. The Bertz CT molecular complexity index is 397. The fourth-order valence-electron chi connectivity index (χ4n) is 2.09. The molecular weight excluding hydrogens is 297 g/mol. The fraction of sp³-hybridized carbons (Fsp3) is 0.500. The lowest BCUT2D eigenvalue weighted by atomic mass is 9.90. The van der Waals surface area contributed by atoms with Gasteiger partial charge in [0, 0.05) is 17.7 Å². The molecule has 0 radical (unpaired) electrons. The molecule has 1 nitrogen and oxygen atoms in total. The van der Waals surface area contributed by atoms with Crippen molar-refractivity contribution in [2.75, 3.05) is 13.2 Å². The number of ether oxygens (including phenoxy) is 1. The van der Waals surface area contributed by atoms with E-state index in [1.54, 1.807) is 6.07 Å². The largest absolute Gasteiger partial charge is 0.417 e. The minimum atomic E-state index is -4.31. The van der Waals surface area contributed by atoms with Crippen LogP contribution in [-0.4, -0.2) is 13.2 Å². The summed E-state index contributed by atoms with van der Waals surface area (Å²) in [6, 6.07) is 4.33. The van der Waals surface area contributed by atoms with Crippen LogP contribution in [0.2, 0.25) is 0 Å². The molecule has 0 spiro atoms. The number of hydrogen-bond acceptors (Lipinski definition) is 1. The minimum Gasteiger partial charge on any atom is -0.381 e. The van der Waals surface area contributed by atoms with Gasteiger partial charge >= 0.3 is 6.18 Å². The summed E-state index contributed by atoms with van der Waals surface area (Å²) < 4.78 is 43.6. The van der Waals surface area contributed by atoms with Crippen LogP contribution < -0.4 is 0 Å². The molecule has 0 amide bonds. The molecule has 0 bridgehead atoms. The van der Waals surface area contributed by atoms with Gasteiger partial charge in [0.1, 0.15) is 0 Å². The van der Waals surface area contributed by atoms with Crippen molar-refractivity contribution in [2.45, 2.75) is 24.9 Å². The zero-order chi connectivity index (χ0) is 12.5. The van der Waals surface area contributed by atoms with E-state index in [-0.39, 0.29) is 10.4 Å². The molecule has 17 heavy (non-hydrogen) atoms. The first-order valence-electron chi connectivity index (χ1n) is 5.43. The molecule has 0 aliphatic carbocycles. The average molecular weight is 309 g/mol. The van der Waals surface area contributed by atoms with E-state index in [4.69, 9.17) is 4.74 Å². The molecule has 0 atom stereocenters. The average Bonchev–Trinajstić information content (AvgIpc) is 2.29. The van der Waals surface area contributed by atoms with Gasteiger partial charge in [-0.15, -0.1) is 0 Å². The van der Waals surface area contributed by atoms with E-state index >= 15 is 0 Å². The summed E-state index contributed by atoms with van der Waals surface area (Å²) in [7, 11) is 0. The van der Waals surface area contributed by atoms with Crippen molar-refractivity contribution in [3.63, 3.8) is 0 Å². The highest BCUT2D eigenvalue weighted by Gasteiger charge is 2.34. The highest BCUT2D eigenvalue weighted by atomic mass is 79.9. The molecule has 0 N–H and O–H groups in total. The Labute approximate surface area is 106 Å². The third-order valence-electron chi connectivity index (χ3n) is 3.00. The number of alkyl halides is 3. The molecule has 94 valence electrons. The van der Waals surface area contributed by atoms with Crippen LogP contribution in [0.25, 0.3) is 0 Å². The molecule has 2 rings (SSSR count). The Kier molecular flexibility index (Phi) is 3.78. The van der Waals surface area contributed by atoms with Gasteiger partial charge in [-0.25, -0.2) is 0 Å². The summed E-state index contributed by atoms with van der Waals surface area (Å²) in [5, 5.41) is 0. The van der Waals surface area contributed by atoms with Crippen molar-refractivity contribution in [1.29, 1.82) is 0 Å². The van der Waals surface area contributed by atoms with E-state index in [1.165, 1.54) is 6.07 Å². The van der Waals surface area contributed by atoms with Crippen LogP contribution in [0.3, 0.4) is 0 Å². The molecule has 1 aliphatic rings. The van der Waals surface area contributed by atoms with Gasteiger partial charge in [-0.05, 0) is 46.3 Å². The number of halogens is 4. The predicted octanol–water partition coefficient (Wildman–Crippen LogP) is 4.36. The monoisotopic (exact) mass is 308 g/mol. The maximum absolute atomic E-state index is 12.7. The van der Waals surface area contributed by atoms with Crippen LogP contribution in [0.15, 0.2) is 22.7 Å². The van der Waals surface area contributed by atoms with E-state index in [2.05, 4.69) is 15.9 Å². The lowest BCUT2D eigenvalue weighted by Crippen LogP contribution is -2.16. The SMILES string of the molecule is FC(F)(F)c1cccc(C2CCOCC2)c1Br. The third kappa shape index (κ3) is 2.83. The van der Waals surface area contributed by atoms with Gasteiger partial charge in [0.25, 0.3) is 0 Å². The maximum atomic E-state index is 12.7. The van der Waals surface area contributed by atoms with Gasteiger partial charge in [-0.2, -0.15) is 13.2 Å². The van der Waals surface area contributed by atoms with Gasteiger partial charge in [-0.3, -0.25) is 0 Å². The Hall–Kier alpha value is -0.550. The molecular formula is C12H12BrF3O. The van der Waals surface area contributed by atoms with Crippen molar-refractivity contribution in [2.24, 2.45) is 0 Å². The minimum absolute atomic E-state index is 0.153. The van der Waals surface area contributed by atoms with Crippen LogP contribution >= 0.6 is 15.9 Å². The summed E-state index contributed by atoms with van der Waals surface area (Å²) in [4.78, 5) is 0. The zero-order valence-corrected chi connectivity index (χ0v) is 10.6. The third-order valence-corrected chi connectivity index (χ3v) is 3.88. The first-order valence-corrected chi connectivity index (χ1v) is 6.23. The summed E-state index contributed by atoms with van der Waals surface area (Å²) in [5.41, 5.74) is 0.143. The van der Waals surface area contributed by atoms with Crippen LogP contribution in [-0.2, 0) is 10.9 Å². The summed E-state index contributed by atoms with van der Waals surface area (Å²) in [6.45, 7) is 1.24. The van der Waals surface area contributed by atoms with Crippen LogP contribution in [0.1, 0.15) is 29.9 Å².